The van der Waals surface area contributed by atoms with E-state index in [0.717, 1.165) is 23.0 Å². The normalized spacial score (nSPS) is 13.1. The summed E-state index contributed by atoms with van der Waals surface area (Å²) in [7, 11) is 0. The molecule has 0 saturated carbocycles. The highest BCUT2D eigenvalue weighted by atomic mass is 16.5. The first-order valence-electron chi connectivity index (χ1n) is 7.61. The van der Waals surface area contributed by atoms with Crippen LogP contribution in [0.1, 0.15) is 26.7 Å². The Morgan fingerprint density at radius 2 is 2.09 bits per heavy atom. The number of fused-ring (bicyclic) bond motifs is 1. The van der Waals surface area contributed by atoms with Crippen molar-refractivity contribution in [3.8, 4) is 5.75 Å². The molecule has 23 heavy (non-hydrogen) atoms. The number of rotatable bonds is 7. The lowest BCUT2D eigenvalue weighted by molar-refractivity contribution is 0.201. The SMILES string of the molecule is C=C(C)[C@@H](O)CC/C(C)=C/COc1ccc2ccc(=O)oc2c1. The Kier molecular flexibility index (Phi) is 5.77. The number of aliphatic hydroxyl groups is 1. The largest absolute Gasteiger partial charge is 0.489 e. The van der Waals surface area contributed by atoms with Crippen molar-refractivity contribution in [3.63, 3.8) is 0 Å². The Balaban J connectivity index is 1.91. The molecule has 1 aromatic heterocycles. The van der Waals surface area contributed by atoms with Gasteiger partial charge in [0, 0.05) is 17.5 Å². The van der Waals surface area contributed by atoms with Crippen LogP contribution in [0.4, 0.5) is 0 Å². The number of hydrogen-bond acceptors (Lipinski definition) is 4. The molecule has 0 bridgehead atoms. The average molecular weight is 314 g/mol. The maximum atomic E-state index is 11.2. The molecule has 0 unspecified atom stereocenters. The van der Waals surface area contributed by atoms with Gasteiger partial charge in [-0.1, -0.05) is 17.7 Å². The lowest BCUT2D eigenvalue weighted by Crippen LogP contribution is -2.07. The van der Waals surface area contributed by atoms with E-state index in [1.54, 1.807) is 12.1 Å². The number of aliphatic hydroxyl groups excluding tert-OH is 1. The van der Waals surface area contributed by atoms with Gasteiger partial charge in [-0.15, -0.1) is 0 Å². The van der Waals surface area contributed by atoms with Crippen molar-refractivity contribution < 1.29 is 14.3 Å². The zero-order chi connectivity index (χ0) is 16.8. The van der Waals surface area contributed by atoms with Gasteiger partial charge in [-0.25, -0.2) is 4.79 Å². The van der Waals surface area contributed by atoms with E-state index in [4.69, 9.17) is 9.15 Å². The highest BCUT2D eigenvalue weighted by Crippen LogP contribution is 2.19. The fourth-order valence-corrected chi connectivity index (χ4v) is 2.12. The third kappa shape index (κ3) is 5.11. The summed E-state index contributed by atoms with van der Waals surface area (Å²) in [4.78, 5) is 11.2. The summed E-state index contributed by atoms with van der Waals surface area (Å²) < 4.78 is 10.8. The average Bonchev–Trinajstić information content (AvgIpc) is 2.52. The highest BCUT2D eigenvalue weighted by molar-refractivity contribution is 5.77. The number of hydrogen-bond donors (Lipinski definition) is 1. The van der Waals surface area contributed by atoms with Crippen LogP contribution in [0.2, 0.25) is 0 Å². The third-order valence-corrected chi connectivity index (χ3v) is 3.66. The van der Waals surface area contributed by atoms with Gasteiger partial charge in [0.25, 0.3) is 0 Å². The van der Waals surface area contributed by atoms with Crippen LogP contribution in [0.5, 0.6) is 5.75 Å². The summed E-state index contributed by atoms with van der Waals surface area (Å²) in [5.74, 6) is 0.651. The second kappa shape index (κ2) is 7.79. The molecular formula is C19H22O4. The van der Waals surface area contributed by atoms with Gasteiger partial charge < -0.3 is 14.3 Å². The molecule has 0 fully saturated rings. The molecule has 0 amide bonds. The van der Waals surface area contributed by atoms with Crippen LogP contribution in [0.25, 0.3) is 11.0 Å². The summed E-state index contributed by atoms with van der Waals surface area (Å²) in [6, 6.07) is 8.53. The van der Waals surface area contributed by atoms with Crippen LogP contribution in [0.15, 0.2) is 63.3 Å². The zero-order valence-corrected chi connectivity index (χ0v) is 13.5. The first-order valence-corrected chi connectivity index (χ1v) is 7.61. The molecule has 4 nitrogen and oxygen atoms in total. The molecule has 0 aliphatic rings. The molecule has 1 N–H and O–H groups in total. The van der Waals surface area contributed by atoms with E-state index in [1.165, 1.54) is 6.07 Å². The zero-order valence-electron chi connectivity index (χ0n) is 13.5. The van der Waals surface area contributed by atoms with Gasteiger partial charge in [0.2, 0.25) is 0 Å². The van der Waals surface area contributed by atoms with Crippen LogP contribution in [0, 0.1) is 0 Å². The van der Waals surface area contributed by atoms with Gasteiger partial charge in [-0.3, -0.25) is 0 Å². The second-order valence-electron chi connectivity index (χ2n) is 5.72. The fraction of sp³-hybridized carbons (Fsp3) is 0.316. The standard InChI is InChI=1S/C19H22O4/c1-13(2)17(20)8-4-14(3)10-11-22-16-7-5-15-6-9-19(21)23-18(15)12-16/h5-7,9-10,12,17,20H,1,4,8,11H2,2-3H3/b14-10+/t17-/m0/s1. The molecule has 0 radical (unpaired) electrons. The molecule has 0 aliphatic heterocycles. The summed E-state index contributed by atoms with van der Waals surface area (Å²) in [6.45, 7) is 8.00. The molecule has 4 heteroatoms. The van der Waals surface area contributed by atoms with Crippen molar-refractivity contribution >= 4 is 11.0 Å². The highest BCUT2D eigenvalue weighted by Gasteiger charge is 2.04. The minimum Gasteiger partial charge on any atom is -0.489 e. The smallest absolute Gasteiger partial charge is 0.336 e. The Morgan fingerprint density at radius 3 is 2.83 bits per heavy atom. The van der Waals surface area contributed by atoms with Gasteiger partial charge >= 0.3 is 5.63 Å². The lowest BCUT2D eigenvalue weighted by Gasteiger charge is -2.10. The molecule has 122 valence electrons. The van der Waals surface area contributed by atoms with Crippen LogP contribution < -0.4 is 10.4 Å². The van der Waals surface area contributed by atoms with E-state index in [9.17, 15) is 9.90 Å². The molecule has 0 aliphatic carbocycles. The minimum absolute atomic E-state index is 0.374. The maximum Gasteiger partial charge on any atom is 0.336 e. The maximum absolute atomic E-state index is 11.2. The van der Waals surface area contributed by atoms with E-state index < -0.39 is 6.10 Å². The van der Waals surface area contributed by atoms with Crippen molar-refractivity contribution in [2.45, 2.75) is 32.8 Å². The van der Waals surface area contributed by atoms with Gasteiger partial charge in [0.05, 0.1) is 6.10 Å². The van der Waals surface area contributed by atoms with Crippen LogP contribution in [-0.4, -0.2) is 17.8 Å². The quantitative estimate of drug-likeness (QED) is 0.623. The van der Waals surface area contributed by atoms with Gasteiger partial charge in [0.15, 0.2) is 0 Å². The first-order chi connectivity index (χ1) is 11.0. The van der Waals surface area contributed by atoms with E-state index >= 15 is 0 Å². The summed E-state index contributed by atoms with van der Waals surface area (Å²) >= 11 is 0. The van der Waals surface area contributed by atoms with E-state index in [1.807, 2.05) is 32.1 Å². The van der Waals surface area contributed by atoms with Crippen molar-refractivity contribution in [3.05, 3.63) is 64.6 Å². The molecule has 0 spiro atoms. The van der Waals surface area contributed by atoms with Crippen molar-refractivity contribution in [1.82, 2.24) is 0 Å². The predicted octanol–water partition coefficient (Wildman–Crippen LogP) is 3.84. The fourth-order valence-electron chi connectivity index (χ4n) is 2.12. The molecule has 1 atom stereocenters. The molecule has 0 saturated heterocycles. The Labute approximate surface area is 135 Å². The van der Waals surface area contributed by atoms with E-state index in [2.05, 4.69) is 6.58 Å². The Morgan fingerprint density at radius 1 is 1.35 bits per heavy atom. The predicted molar refractivity (Wildman–Crippen MR) is 91.8 cm³/mol. The molecule has 2 rings (SSSR count). The lowest BCUT2D eigenvalue weighted by atomic mass is 10.0. The molecule has 1 aromatic carbocycles. The van der Waals surface area contributed by atoms with Gasteiger partial charge in [-0.05, 0) is 51.0 Å². The summed E-state index contributed by atoms with van der Waals surface area (Å²) in [6.07, 6.45) is 2.99. The van der Waals surface area contributed by atoms with Crippen LogP contribution in [0.3, 0.4) is 0 Å². The first kappa shape index (κ1) is 17.0. The Bertz CT molecular complexity index is 770. The molecule has 2 aromatic rings. The number of ether oxygens (including phenoxy) is 1. The second-order valence-corrected chi connectivity index (χ2v) is 5.72. The molecule has 1 heterocycles. The summed E-state index contributed by atoms with van der Waals surface area (Å²) in [5, 5.41) is 10.6. The molecular weight excluding hydrogens is 292 g/mol. The Hall–Kier alpha value is -2.33. The topological polar surface area (TPSA) is 59.7 Å². The summed E-state index contributed by atoms with van der Waals surface area (Å²) in [5.41, 5.74) is 2.08. The van der Waals surface area contributed by atoms with Crippen molar-refractivity contribution in [2.75, 3.05) is 6.61 Å². The number of allylic oxidation sites excluding steroid dienone is 1. The third-order valence-electron chi connectivity index (χ3n) is 3.66. The van der Waals surface area contributed by atoms with E-state index in [0.29, 0.717) is 24.4 Å². The van der Waals surface area contributed by atoms with Crippen LogP contribution >= 0.6 is 0 Å². The van der Waals surface area contributed by atoms with E-state index in [-0.39, 0.29) is 5.63 Å². The van der Waals surface area contributed by atoms with Crippen molar-refractivity contribution in [1.29, 1.82) is 0 Å². The van der Waals surface area contributed by atoms with Gasteiger partial charge in [0.1, 0.15) is 17.9 Å². The number of benzene rings is 1. The van der Waals surface area contributed by atoms with Crippen LogP contribution in [-0.2, 0) is 0 Å². The monoisotopic (exact) mass is 314 g/mol. The van der Waals surface area contributed by atoms with Gasteiger partial charge in [-0.2, -0.15) is 0 Å². The minimum atomic E-state index is -0.456. The van der Waals surface area contributed by atoms with Crippen molar-refractivity contribution in [2.24, 2.45) is 0 Å².